The van der Waals surface area contributed by atoms with Crippen molar-refractivity contribution < 1.29 is 13.6 Å². The molecule has 0 unspecified atom stereocenters. The predicted octanol–water partition coefficient (Wildman–Crippen LogP) is 3.10. The van der Waals surface area contributed by atoms with Crippen LogP contribution in [0.25, 0.3) is 0 Å². The predicted molar refractivity (Wildman–Crippen MR) is 57.5 cm³/mol. The van der Waals surface area contributed by atoms with Gasteiger partial charge in [0.1, 0.15) is 0 Å². The highest BCUT2D eigenvalue weighted by molar-refractivity contribution is 9.10. The zero-order valence-corrected chi connectivity index (χ0v) is 9.78. The highest BCUT2D eigenvalue weighted by atomic mass is 79.9. The largest absolute Gasteiger partial charge is 0.346 e. The molecule has 0 aliphatic heterocycles. The molecule has 0 aliphatic carbocycles. The van der Waals surface area contributed by atoms with Crippen molar-refractivity contribution in [1.29, 1.82) is 0 Å². The average Bonchev–Trinajstić information content (AvgIpc) is 2.18. The van der Waals surface area contributed by atoms with Crippen molar-refractivity contribution in [3.8, 4) is 0 Å². The molecule has 0 saturated carbocycles. The maximum absolute atomic E-state index is 11.8. The molecule has 1 amide bonds. The molecule has 0 aliphatic rings. The topological polar surface area (TPSA) is 29.1 Å². The Morgan fingerprint density at radius 2 is 2.20 bits per heavy atom. The number of alkyl halides is 2. The molecule has 0 spiro atoms. The van der Waals surface area contributed by atoms with E-state index in [0.717, 1.165) is 0 Å². The molecule has 0 heterocycles. The Hall–Kier alpha value is -0.680. The van der Waals surface area contributed by atoms with Crippen molar-refractivity contribution in [2.24, 2.45) is 0 Å². The molecule has 0 bridgehead atoms. The molecule has 15 heavy (non-hydrogen) atoms. The first-order chi connectivity index (χ1) is 7.00. The number of rotatable bonds is 3. The third-order valence-corrected chi connectivity index (χ3v) is 2.52. The highest BCUT2D eigenvalue weighted by Gasteiger charge is 2.12. The van der Waals surface area contributed by atoms with Crippen molar-refractivity contribution in [2.45, 2.75) is 6.43 Å². The minimum atomic E-state index is -2.56. The molecule has 2 nitrogen and oxygen atoms in total. The minimum absolute atomic E-state index is 0.239. The van der Waals surface area contributed by atoms with E-state index in [4.69, 9.17) is 11.6 Å². The summed E-state index contributed by atoms with van der Waals surface area (Å²) in [4.78, 5) is 11.4. The van der Waals surface area contributed by atoms with Gasteiger partial charge in [0.25, 0.3) is 12.3 Å². The lowest BCUT2D eigenvalue weighted by Crippen LogP contribution is -2.28. The standard InChI is InChI=1S/C9H7BrClF2NO/c10-7-2-1-5(11)3-6(7)9(15)14-4-8(12)13/h1-3,8H,4H2,(H,14,15). The Kier molecular flexibility index (Phi) is 4.47. The van der Waals surface area contributed by atoms with Gasteiger partial charge in [-0.3, -0.25) is 4.79 Å². The Bertz CT molecular complexity index is 373. The summed E-state index contributed by atoms with van der Waals surface area (Å²) >= 11 is 8.81. The minimum Gasteiger partial charge on any atom is -0.346 e. The number of amides is 1. The molecule has 0 atom stereocenters. The van der Waals surface area contributed by atoms with Gasteiger partial charge in [-0.2, -0.15) is 0 Å². The molecule has 6 heteroatoms. The van der Waals surface area contributed by atoms with Crippen LogP contribution in [0.15, 0.2) is 22.7 Å². The third kappa shape index (κ3) is 3.76. The lowest BCUT2D eigenvalue weighted by molar-refractivity contribution is 0.0891. The van der Waals surface area contributed by atoms with Gasteiger partial charge >= 0.3 is 0 Å². The summed E-state index contributed by atoms with van der Waals surface area (Å²) < 4.78 is 24.2. The van der Waals surface area contributed by atoms with Crippen molar-refractivity contribution in [2.75, 3.05) is 6.54 Å². The molecule has 1 aromatic rings. The third-order valence-electron chi connectivity index (χ3n) is 1.59. The summed E-state index contributed by atoms with van der Waals surface area (Å²) in [6.45, 7) is -0.669. The summed E-state index contributed by atoms with van der Waals surface area (Å²) in [6.07, 6.45) is -2.56. The van der Waals surface area contributed by atoms with E-state index in [0.29, 0.717) is 9.50 Å². The summed E-state index contributed by atoms with van der Waals surface area (Å²) in [5.41, 5.74) is 0.239. The average molecular weight is 299 g/mol. The van der Waals surface area contributed by atoms with Gasteiger partial charge in [0, 0.05) is 9.50 Å². The maximum atomic E-state index is 11.8. The van der Waals surface area contributed by atoms with Crippen LogP contribution in [-0.4, -0.2) is 18.9 Å². The number of carbonyl (C=O) groups excluding carboxylic acids is 1. The highest BCUT2D eigenvalue weighted by Crippen LogP contribution is 2.20. The molecule has 1 rings (SSSR count). The number of halogens is 4. The van der Waals surface area contributed by atoms with Crippen LogP contribution in [-0.2, 0) is 0 Å². The normalized spacial score (nSPS) is 10.5. The fourth-order valence-electron chi connectivity index (χ4n) is 0.937. The van der Waals surface area contributed by atoms with Crippen LogP contribution in [0.5, 0.6) is 0 Å². The first-order valence-electron chi connectivity index (χ1n) is 4.02. The first kappa shape index (κ1) is 12.4. The van der Waals surface area contributed by atoms with E-state index in [1.165, 1.54) is 6.07 Å². The second kappa shape index (κ2) is 5.42. The number of hydrogen-bond donors (Lipinski definition) is 1. The van der Waals surface area contributed by atoms with Crippen molar-refractivity contribution in [3.05, 3.63) is 33.3 Å². The number of benzene rings is 1. The van der Waals surface area contributed by atoms with E-state index in [9.17, 15) is 13.6 Å². The van der Waals surface area contributed by atoms with Crippen molar-refractivity contribution >= 4 is 33.4 Å². The monoisotopic (exact) mass is 297 g/mol. The van der Waals surface area contributed by atoms with Crippen LogP contribution >= 0.6 is 27.5 Å². The Morgan fingerprint density at radius 3 is 2.80 bits per heavy atom. The molecule has 82 valence electrons. The van der Waals surface area contributed by atoms with E-state index >= 15 is 0 Å². The Morgan fingerprint density at radius 1 is 1.53 bits per heavy atom. The van der Waals surface area contributed by atoms with Gasteiger partial charge in [0.05, 0.1) is 12.1 Å². The van der Waals surface area contributed by atoms with E-state index in [-0.39, 0.29) is 5.56 Å². The zero-order valence-electron chi connectivity index (χ0n) is 7.44. The smallest absolute Gasteiger partial charge is 0.255 e. The molecular formula is C9H7BrClF2NO. The van der Waals surface area contributed by atoms with Crippen molar-refractivity contribution in [3.63, 3.8) is 0 Å². The second-order valence-corrected chi connectivity index (χ2v) is 4.02. The van der Waals surface area contributed by atoms with Crippen molar-refractivity contribution in [1.82, 2.24) is 5.32 Å². The van der Waals surface area contributed by atoms with E-state index in [1.807, 2.05) is 0 Å². The molecular weight excluding hydrogens is 291 g/mol. The summed E-state index contributed by atoms with van der Waals surface area (Å²) in [6, 6.07) is 4.58. The van der Waals surface area contributed by atoms with Gasteiger partial charge in [0.2, 0.25) is 0 Å². The van der Waals surface area contributed by atoms with Crippen LogP contribution < -0.4 is 5.32 Å². The fraction of sp³-hybridized carbons (Fsp3) is 0.222. The van der Waals surface area contributed by atoms with Crippen LogP contribution in [0.4, 0.5) is 8.78 Å². The van der Waals surface area contributed by atoms with Gasteiger partial charge in [0.15, 0.2) is 0 Å². The molecule has 0 fully saturated rings. The number of nitrogens with one attached hydrogen (secondary N) is 1. The number of carbonyl (C=O) groups is 1. The molecule has 0 radical (unpaired) electrons. The SMILES string of the molecule is O=C(NCC(F)F)c1cc(Cl)ccc1Br. The fourth-order valence-corrected chi connectivity index (χ4v) is 1.54. The lowest BCUT2D eigenvalue weighted by Gasteiger charge is -2.06. The van der Waals surface area contributed by atoms with E-state index in [2.05, 4.69) is 21.2 Å². The van der Waals surface area contributed by atoms with Crippen LogP contribution in [0.2, 0.25) is 5.02 Å². The lowest BCUT2D eigenvalue weighted by atomic mass is 10.2. The van der Waals surface area contributed by atoms with E-state index in [1.54, 1.807) is 12.1 Å². The van der Waals surface area contributed by atoms with Gasteiger partial charge < -0.3 is 5.32 Å². The van der Waals surface area contributed by atoms with Gasteiger partial charge in [-0.25, -0.2) is 8.78 Å². The molecule has 1 aromatic carbocycles. The second-order valence-electron chi connectivity index (χ2n) is 2.73. The van der Waals surface area contributed by atoms with E-state index < -0.39 is 18.9 Å². The first-order valence-corrected chi connectivity index (χ1v) is 5.19. The quantitative estimate of drug-likeness (QED) is 0.913. The summed E-state index contributed by atoms with van der Waals surface area (Å²) in [5, 5.41) is 2.46. The molecule has 0 aromatic heterocycles. The van der Waals surface area contributed by atoms with Crippen LogP contribution in [0.1, 0.15) is 10.4 Å². The van der Waals surface area contributed by atoms with Gasteiger partial charge in [-0.15, -0.1) is 0 Å². The van der Waals surface area contributed by atoms with Gasteiger partial charge in [-0.1, -0.05) is 11.6 Å². The Balaban J connectivity index is 2.77. The van der Waals surface area contributed by atoms with Gasteiger partial charge in [-0.05, 0) is 34.1 Å². The molecule has 0 saturated heterocycles. The van der Waals surface area contributed by atoms with Crippen LogP contribution in [0, 0.1) is 0 Å². The van der Waals surface area contributed by atoms with Crippen LogP contribution in [0.3, 0.4) is 0 Å². The molecule has 1 N–H and O–H groups in total. The zero-order chi connectivity index (χ0) is 11.4. The summed E-state index contributed by atoms with van der Waals surface area (Å²) in [5.74, 6) is -0.579. The number of hydrogen-bond acceptors (Lipinski definition) is 1. The summed E-state index contributed by atoms with van der Waals surface area (Å²) in [7, 11) is 0. The maximum Gasteiger partial charge on any atom is 0.255 e. The Labute approximate surface area is 98.7 Å².